The zero-order chi connectivity index (χ0) is 15.0. The molecule has 0 spiro atoms. The monoisotopic (exact) mass is 282 g/mol. The van der Waals surface area contributed by atoms with Crippen LogP contribution in [0.3, 0.4) is 0 Å². The minimum Gasteiger partial charge on any atom is -0.458 e. The molecular weight excluding hydrogens is 252 g/mol. The average Bonchev–Trinajstić information content (AvgIpc) is 2.94. The van der Waals surface area contributed by atoms with E-state index in [0.717, 1.165) is 38.7 Å². The fourth-order valence-corrected chi connectivity index (χ4v) is 4.25. The van der Waals surface area contributed by atoms with E-state index in [0.29, 0.717) is 5.92 Å². The summed E-state index contributed by atoms with van der Waals surface area (Å²) in [6.45, 7) is 8.89. The minimum absolute atomic E-state index is 0.0371. The van der Waals surface area contributed by atoms with Gasteiger partial charge in [0.2, 0.25) is 0 Å². The van der Waals surface area contributed by atoms with Crippen LogP contribution in [0.4, 0.5) is 0 Å². The quantitative estimate of drug-likeness (QED) is 0.692. The number of methoxy groups -OCH3 is 1. The molecule has 2 aliphatic carbocycles. The van der Waals surface area contributed by atoms with Crippen molar-refractivity contribution in [2.45, 2.75) is 71.8 Å². The third kappa shape index (κ3) is 2.28. The van der Waals surface area contributed by atoms with Gasteiger partial charge >= 0.3 is 5.97 Å². The zero-order valence-corrected chi connectivity index (χ0v) is 13.8. The largest absolute Gasteiger partial charge is 0.458 e. The fourth-order valence-electron chi connectivity index (χ4n) is 4.25. The van der Waals surface area contributed by atoms with E-state index in [9.17, 15) is 4.79 Å². The average molecular weight is 282 g/mol. The van der Waals surface area contributed by atoms with E-state index in [1.165, 1.54) is 6.42 Å². The number of hydrogen-bond donors (Lipinski definition) is 0. The lowest BCUT2D eigenvalue weighted by Crippen LogP contribution is -2.52. The summed E-state index contributed by atoms with van der Waals surface area (Å²) in [7, 11) is 1.76. The molecule has 0 heterocycles. The lowest BCUT2D eigenvalue weighted by Gasteiger charge is -2.46. The second-order valence-corrected chi connectivity index (χ2v) is 7.50. The predicted molar refractivity (Wildman–Crippen MR) is 79.5 cm³/mol. The summed E-state index contributed by atoms with van der Waals surface area (Å²) in [6.07, 6.45) is 6.30. The molecule has 0 aliphatic heterocycles. The molecule has 0 saturated heterocycles. The molecule has 2 rings (SSSR count). The first-order valence-corrected chi connectivity index (χ1v) is 8.07. The Morgan fingerprint density at radius 2 is 2.00 bits per heavy atom. The second kappa shape index (κ2) is 5.32. The number of ether oxygens (including phenoxy) is 2. The summed E-state index contributed by atoms with van der Waals surface area (Å²) in [5, 5.41) is 0. The van der Waals surface area contributed by atoms with Gasteiger partial charge in [-0.3, -0.25) is 4.79 Å². The lowest BCUT2D eigenvalue weighted by molar-refractivity contribution is -0.192. The molecule has 2 saturated carbocycles. The molecule has 116 valence electrons. The number of hydrogen-bond acceptors (Lipinski definition) is 3. The predicted octanol–water partition coefficient (Wildman–Crippen LogP) is 3.95. The summed E-state index contributed by atoms with van der Waals surface area (Å²) in [5.41, 5.74) is -0.631. The smallest absolute Gasteiger partial charge is 0.312 e. The molecule has 0 N–H and O–H groups in total. The van der Waals surface area contributed by atoms with Crippen molar-refractivity contribution < 1.29 is 14.3 Å². The fraction of sp³-hybridized carbons (Fsp3) is 0.941. The molecule has 2 bridgehead atoms. The molecule has 3 heteroatoms. The zero-order valence-electron chi connectivity index (χ0n) is 13.8. The van der Waals surface area contributed by atoms with Gasteiger partial charge in [0, 0.05) is 12.5 Å². The van der Waals surface area contributed by atoms with Crippen molar-refractivity contribution in [1.82, 2.24) is 0 Å². The molecule has 0 aromatic rings. The third-order valence-electron chi connectivity index (χ3n) is 6.01. The Morgan fingerprint density at radius 1 is 1.30 bits per heavy atom. The number of fused-ring (bicyclic) bond motifs is 2. The van der Waals surface area contributed by atoms with E-state index in [1.54, 1.807) is 7.11 Å². The van der Waals surface area contributed by atoms with Crippen LogP contribution >= 0.6 is 0 Å². The first-order chi connectivity index (χ1) is 9.35. The molecule has 2 fully saturated rings. The number of rotatable bonds is 6. The SMILES string of the molecule is CCC(C)(C)C(=O)OC1(CC)CC2CCC1(COC)C2. The van der Waals surface area contributed by atoms with Crippen molar-refractivity contribution in [3.8, 4) is 0 Å². The highest BCUT2D eigenvalue weighted by Gasteiger charge is 2.63. The summed E-state index contributed by atoms with van der Waals surface area (Å²) in [5.74, 6) is 0.674. The van der Waals surface area contributed by atoms with Gasteiger partial charge in [-0.2, -0.15) is 0 Å². The maximum absolute atomic E-state index is 12.6. The van der Waals surface area contributed by atoms with Gasteiger partial charge < -0.3 is 9.47 Å². The van der Waals surface area contributed by atoms with Gasteiger partial charge in [0.15, 0.2) is 0 Å². The highest BCUT2D eigenvalue weighted by molar-refractivity contribution is 5.76. The summed E-state index contributed by atoms with van der Waals surface area (Å²) < 4.78 is 11.7. The minimum atomic E-state index is -0.391. The lowest BCUT2D eigenvalue weighted by atomic mass is 9.70. The first kappa shape index (κ1) is 15.8. The highest BCUT2D eigenvalue weighted by Crippen LogP contribution is 2.62. The van der Waals surface area contributed by atoms with Crippen LogP contribution in [-0.4, -0.2) is 25.3 Å². The summed E-state index contributed by atoms with van der Waals surface area (Å²) in [4.78, 5) is 12.6. The number of esters is 1. The Labute approximate surface area is 123 Å². The molecule has 0 amide bonds. The molecule has 3 unspecified atom stereocenters. The third-order valence-corrected chi connectivity index (χ3v) is 6.01. The van der Waals surface area contributed by atoms with Crippen molar-refractivity contribution in [3.05, 3.63) is 0 Å². The van der Waals surface area contributed by atoms with Gasteiger partial charge in [0.1, 0.15) is 5.60 Å². The molecule has 20 heavy (non-hydrogen) atoms. The molecule has 2 aliphatic rings. The van der Waals surface area contributed by atoms with Crippen molar-refractivity contribution in [3.63, 3.8) is 0 Å². The van der Waals surface area contributed by atoms with Crippen LogP contribution in [0, 0.1) is 16.7 Å². The molecular formula is C17H30O3. The van der Waals surface area contributed by atoms with Gasteiger partial charge in [-0.15, -0.1) is 0 Å². The molecule has 3 atom stereocenters. The maximum atomic E-state index is 12.6. The van der Waals surface area contributed by atoms with Crippen LogP contribution in [0.1, 0.15) is 66.2 Å². The molecule has 0 aromatic heterocycles. The van der Waals surface area contributed by atoms with E-state index in [2.05, 4.69) is 6.92 Å². The normalized spacial score (nSPS) is 36.4. The Hall–Kier alpha value is -0.570. The van der Waals surface area contributed by atoms with Crippen LogP contribution in [0.2, 0.25) is 0 Å². The number of carbonyl (C=O) groups excluding carboxylic acids is 1. The Morgan fingerprint density at radius 3 is 2.50 bits per heavy atom. The van der Waals surface area contributed by atoms with Gasteiger partial charge in [-0.1, -0.05) is 13.8 Å². The van der Waals surface area contributed by atoms with Crippen molar-refractivity contribution in [2.75, 3.05) is 13.7 Å². The van der Waals surface area contributed by atoms with E-state index >= 15 is 0 Å². The maximum Gasteiger partial charge on any atom is 0.312 e. The van der Waals surface area contributed by atoms with E-state index in [1.807, 2.05) is 20.8 Å². The van der Waals surface area contributed by atoms with Crippen LogP contribution in [0.15, 0.2) is 0 Å². The van der Waals surface area contributed by atoms with Gasteiger partial charge in [0.25, 0.3) is 0 Å². The Bertz CT molecular complexity index is 376. The van der Waals surface area contributed by atoms with Crippen LogP contribution in [0.25, 0.3) is 0 Å². The van der Waals surface area contributed by atoms with Crippen LogP contribution < -0.4 is 0 Å². The molecule has 3 nitrogen and oxygen atoms in total. The van der Waals surface area contributed by atoms with Crippen molar-refractivity contribution in [2.24, 2.45) is 16.7 Å². The summed E-state index contributed by atoms with van der Waals surface area (Å²) >= 11 is 0. The van der Waals surface area contributed by atoms with E-state index < -0.39 is 5.41 Å². The Balaban J connectivity index is 2.24. The van der Waals surface area contributed by atoms with E-state index in [-0.39, 0.29) is 17.0 Å². The highest BCUT2D eigenvalue weighted by atomic mass is 16.6. The van der Waals surface area contributed by atoms with Crippen molar-refractivity contribution >= 4 is 5.97 Å². The summed E-state index contributed by atoms with van der Waals surface area (Å²) in [6, 6.07) is 0. The van der Waals surface area contributed by atoms with Gasteiger partial charge in [-0.25, -0.2) is 0 Å². The van der Waals surface area contributed by atoms with Crippen LogP contribution in [-0.2, 0) is 14.3 Å². The first-order valence-electron chi connectivity index (χ1n) is 8.07. The van der Waals surface area contributed by atoms with Gasteiger partial charge in [0.05, 0.1) is 12.0 Å². The number of carbonyl (C=O) groups is 1. The van der Waals surface area contributed by atoms with Crippen molar-refractivity contribution in [1.29, 1.82) is 0 Å². The Kier molecular flexibility index (Phi) is 4.21. The van der Waals surface area contributed by atoms with Gasteiger partial charge in [-0.05, 0) is 58.3 Å². The molecule has 0 radical (unpaired) electrons. The van der Waals surface area contributed by atoms with Crippen LogP contribution in [0.5, 0.6) is 0 Å². The second-order valence-electron chi connectivity index (χ2n) is 7.50. The van der Waals surface area contributed by atoms with E-state index in [4.69, 9.17) is 9.47 Å². The molecule has 0 aromatic carbocycles. The standard InChI is InChI=1S/C17H30O3/c1-6-15(3,4)14(18)20-17(7-2)11-13-8-9-16(17,10-13)12-19-5/h13H,6-12H2,1-5H3. The topological polar surface area (TPSA) is 35.5 Å².